The highest BCUT2D eigenvalue weighted by atomic mass is 35.5. The van der Waals surface area contributed by atoms with E-state index in [1.165, 1.54) is 0 Å². The second-order valence-corrected chi connectivity index (χ2v) is 7.38. The molecule has 1 aromatic carbocycles. The number of halogens is 1. The lowest BCUT2D eigenvalue weighted by Gasteiger charge is -2.58. The summed E-state index contributed by atoms with van der Waals surface area (Å²) in [5.41, 5.74) is 0.718. The van der Waals surface area contributed by atoms with E-state index >= 15 is 0 Å². The fourth-order valence-electron chi connectivity index (χ4n) is 3.95. The summed E-state index contributed by atoms with van der Waals surface area (Å²) < 4.78 is 10.5. The van der Waals surface area contributed by atoms with E-state index < -0.39 is 0 Å². The average Bonchev–Trinajstić information content (AvgIpc) is 2.54. The fraction of sp³-hybridized carbons (Fsp3) is 0.611. The Balaban J connectivity index is 1.66. The van der Waals surface area contributed by atoms with Gasteiger partial charge in [-0.2, -0.15) is 0 Å². The molecule has 1 atom stereocenters. The van der Waals surface area contributed by atoms with Crippen molar-refractivity contribution in [2.24, 2.45) is 5.92 Å². The molecule has 2 saturated heterocycles. The molecule has 3 rings (SSSR count). The molecule has 2 aliphatic rings. The molecule has 132 valence electrons. The highest BCUT2D eigenvalue weighted by molar-refractivity contribution is 6.32. The highest BCUT2D eigenvalue weighted by Gasteiger charge is 2.50. The lowest BCUT2D eigenvalue weighted by atomic mass is 9.75. The van der Waals surface area contributed by atoms with Crippen LogP contribution >= 0.6 is 11.6 Å². The van der Waals surface area contributed by atoms with E-state index in [1.807, 2.05) is 4.90 Å². The van der Waals surface area contributed by atoms with Crippen LogP contribution in [0.15, 0.2) is 18.2 Å². The summed E-state index contributed by atoms with van der Waals surface area (Å²) in [6.45, 7) is 3.40. The zero-order chi connectivity index (χ0) is 17.3. The first-order valence-corrected chi connectivity index (χ1v) is 8.70. The monoisotopic (exact) mass is 352 g/mol. The zero-order valence-corrected chi connectivity index (χ0v) is 15.3. The lowest BCUT2D eigenvalue weighted by Crippen LogP contribution is -2.72. The SMILES string of the molecule is COC[C@H]1CCN(C)C2(C1)CN(C(=O)c1ccc(OC)c(Cl)c1)C2. The van der Waals surface area contributed by atoms with Crippen LogP contribution in [0.1, 0.15) is 23.2 Å². The van der Waals surface area contributed by atoms with Gasteiger partial charge < -0.3 is 14.4 Å². The summed E-state index contributed by atoms with van der Waals surface area (Å²) in [5.74, 6) is 1.20. The number of piperidine rings is 1. The Labute approximate surface area is 148 Å². The summed E-state index contributed by atoms with van der Waals surface area (Å²) in [4.78, 5) is 17.0. The quantitative estimate of drug-likeness (QED) is 0.835. The minimum Gasteiger partial charge on any atom is -0.495 e. The van der Waals surface area contributed by atoms with Gasteiger partial charge in [-0.05, 0) is 50.6 Å². The van der Waals surface area contributed by atoms with Crippen molar-refractivity contribution in [2.75, 3.05) is 47.5 Å². The van der Waals surface area contributed by atoms with Gasteiger partial charge in [-0.1, -0.05) is 11.6 Å². The molecular formula is C18H25ClN2O3. The molecule has 0 aliphatic carbocycles. The van der Waals surface area contributed by atoms with Crippen molar-refractivity contribution in [2.45, 2.75) is 18.4 Å². The third-order valence-corrected chi connectivity index (χ3v) is 5.71. The normalized spacial score (nSPS) is 23.2. The van der Waals surface area contributed by atoms with Crippen molar-refractivity contribution in [3.8, 4) is 5.75 Å². The summed E-state index contributed by atoms with van der Waals surface area (Å²) >= 11 is 6.14. The van der Waals surface area contributed by atoms with E-state index in [0.717, 1.165) is 39.1 Å². The molecule has 0 saturated carbocycles. The third-order valence-electron chi connectivity index (χ3n) is 5.41. The van der Waals surface area contributed by atoms with E-state index in [2.05, 4.69) is 11.9 Å². The number of carbonyl (C=O) groups is 1. The van der Waals surface area contributed by atoms with Gasteiger partial charge in [0.1, 0.15) is 5.75 Å². The van der Waals surface area contributed by atoms with Gasteiger partial charge in [0, 0.05) is 32.4 Å². The Morgan fingerprint density at radius 3 is 2.75 bits per heavy atom. The van der Waals surface area contributed by atoms with Crippen molar-refractivity contribution < 1.29 is 14.3 Å². The van der Waals surface area contributed by atoms with Crippen LogP contribution < -0.4 is 4.74 Å². The minimum absolute atomic E-state index is 0.0347. The number of hydrogen-bond acceptors (Lipinski definition) is 4. The predicted molar refractivity (Wildman–Crippen MR) is 93.9 cm³/mol. The second kappa shape index (κ2) is 6.90. The third kappa shape index (κ3) is 3.13. The fourth-order valence-corrected chi connectivity index (χ4v) is 4.20. The van der Waals surface area contributed by atoms with Crippen molar-refractivity contribution in [1.82, 2.24) is 9.80 Å². The maximum absolute atomic E-state index is 12.7. The topological polar surface area (TPSA) is 42.0 Å². The summed E-state index contributed by atoms with van der Waals surface area (Å²) in [6.07, 6.45) is 2.25. The first-order valence-electron chi connectivity index (χ1n) is 8.32. The van der Waals surface area contributed by atoms with Crippen molar-refractivity contribution in [1.29, 1.82) is 0 Å². The molecule has 24 heavy (non-hydrogen) atoms. The molecule has 0 aromatic heterocycles. The number of amides is 1. The van der Waals surface area contributed by atoms with Crippen LogP contribution in [0.25, 0.3) is 0 Å². The van der Waals surface area contributed by atoms with Crippen molar-refractivity contribution >= 4 is 17.5 Å². The number of hydrogen-bond donors (Lipinski definition) is 0. The van der Waals surface area contributed by atoms with Crippen LogP contribution in [0, 0.1) is 5.92 Å². The number of ether oxygens (including phenoxy) is 2. The average molecular weight is 353 g/mol. The predicted octanol–water partition coefficient (Wildman–Crippen LogP) is 2.53. The maximum Gasteiger partial charge on any atom is 0.254 e. The molecule has 1 spiro atoms. The Kier molecular flexibility index (Phi) is 5.04. The molecule has 0 unspecified atom stereocenters. The molecule has 2 aliphatic heterocycles. The van der Waals surface area contributed by atoms with E-state index in [4.69, 9.17) is 21.1 Å². The van der Waals surface area contributed by atoms with E-state index in [1.54, 1.807) is 32.4 Å². The molecule has 6 heteroatoms. The van der Waals surface area contributed by atoms with Gasteiger partial charge in [0.15, 0.2) is 0 Å². The smallest absolute Gasteiger partial charge is 0.254 e. The van der Waals surface area contributed by atoms with Gasteiger partial charge in [-0.3, -0.25) is 9.69 Å². The number of carbonyl (C=O) groups excluding carboxylic acids is 1. The second-order valence-electron chi connectivity index (χ2n) is 6.97. The standard InChI is InChI=1S/C18H25ClN2O3/c1-20-7-6-13(10-23-2)9-18(20)11-21(12-18)17(22)14-4-5-16(24-3)15(19)8-14/h4-5,8,13H,6-7,9-12H2,1-3H3/t13-/m0/s1. The van der Waals surface area contributed by atoms with Crippen LogP contribution in [-0.2, 0) is 4.74 Å². The number of methoxy groups -OCH3 is 2. The molecule has 0 bridgehead atoms. The molecule has 5 nitrogen and oxygen atoms in total. The Hall–Kier alpha value is -1.30. The maximum atomic E-state index is 12.7. The van der Waals surface area contributed by atoms with Gasteiger partial charge in [-0.25, -0.2) is 0 Å². The van der Waals surface area contributed by atoms with Crippen LogP contribution in [0.4, 0.5) is 0 Å². The number of likely N-dealkylation sites (tertiary alicyclic amines) is 2. The van der Waals surface area contributed by atoms with Gasteiger partial charge in [0.2, 0.25) is 0 Å². The number of benzene rings is 1. The summed E-state index contributed by atoms with van der Waals surface area (Å²) in [7, 11) is 5.49. The Morgan fingerprint density at radius 2 is 2.12 bits per heavy atom. The molecule has 0 N–H and O–H groups in total. The highest BCUT2D eigenvalue weighted by Crippen LogP contribution is 2.39. The van der Waals surface area contributed by atoms with Gasteiger partial charge in [0.25, 0.3) is 5.91 Å². The minimum atomic E-state index is 0.0347. The summed E-state index contributed by atoms with van der Waals surface area (Å²) in [6, 6.07) is 5.20. The van der Waals surface area contributed by atoms with E-state index in [-0.39, 0.29) is 11.4 Å². The van der Waals surface area contributed by atoms with Crippen LogP contribution in [0.5, 0.6) is 5.75 Å². The van der Waals surface area contributed by atoms with Crippen molar-refractivity contribution in [3.63, 3.8) is 0 Å². The first kappa shape index (κ1) is 17.5. The summed E-state index contributed by atoms with van der Waals surface area (Å²) in [5, 5.41) is 0.466. The Morgan fingerprint density at radius 1 is 1.38 bits per heavy atom. The molecule has 1 amide bonds. The number of likely N-dealkylation sites (N-methyl/N-ethyl adjacent to an activating group) is 1. The number of rotatable bonds is 4. The van der Waals surface area contributed by atoms with E-state index in [9.17, 15) is 4.79 Å². The van der Waals surface area contributed by atoms with Gasteiger partial charge in [-0.15, -0.1) is 0 Å². The largest absolute Gasteiger partial charge is 0.495 e. The van der Waals surface area contributed by atoms with Crippen LogP contribution in [0.2, 0.25) is 5.02 Å². The molecular weight excluding hydrogens is 328 g/mol. The molecule has 2 fully saturated rings. The van der Waals surface area contributed by atoms with Gasteiger partial charge in [0.05, 0.1) is 17.7 Å². The lowest BCUT2D eigenvalue weighted by molar-refractivity contribution is -0.0731. The molecule has 1 aromatic rings. The first-order chi connectivity index (χ1) is 11.5. The van der Waals surface area contributed by atoms with Crippen LogP contribution in [0.3, 0.4) is 0 Å². The molecule has 2 heterocycles. The van der Waals surface area contributed by atoms with E-state index in [0.29, 0.717) is 22.3 Å². The molecule has 0 radical (unpaired) electrons. The number of nitrogens with zero attached hydrogens (tertiary/aromatic N) is 2. The van der Waals surface area contributed by atoms with Crippen molar-refractivity contribution in [3.05, 3.63) is 28.8 Å². The van der Waals surface area contributed by atoms with Crippen LogP contribution in [-0.4, -0.2) is 68.8 Å². The Bertz CT molecular complexity index is 616. The zero-order valence-electron chi connectivity index (χ0n) is 14.5. The van der Waals surface area contributed by atoms with Gasteiger partial charge >= 0.3 is 0 Å².